The Morgan fingerprint density at radius 3 is 2.79 bits per heavy atom. The zero-order valence-corrected chi connectivity index (χ0v) is 21.4. The topological polar surface area (TPSA) is 103 Å². The van der Waals surface area contributed by atoms with Crippen LogP contribution in [0.4, 0.5) is 14.9 Å². The lowest BCUT2D eigenvalue weighted by Crippen LogP contribution is -2.49. The number of anilines is 1. The van der Waals surface area contributed by atoms with Crippen LogP contribution in [0.2, 0.25) is 0 Å². The number of amides is 4. The zero-order valence-electron chi connectivity index (χ0n) is 21.4. The predicted molar refractivity (Wildman–Crippen MR) is 138 cm³/mol. The number of fused-ring (bicyclic) bond motifs is 3. The molecule has 6 rings (SSSR count). The van der Waals surface area contributed by atoms with Crippen molar-refractivity contribution in [3.05, 3.63) is 58.9 Å². The predicted octanol–water partition coefficient (Wildman–Crippen LogP) is 2.70. The third kappa shape index (κ3) is 4.36. The van der Waals surface area contributed by atoms with Crippen molar-refractivity contribution in [2.24, 2.45) is 5.92 Å². The molecular formula is C28H32FN5O4. The molecule has 1 saturated heterocycles. The lowest BCUT2D eigenvalue weighted by molar-refractivity contribution is -0.143. The number of benzene rings is 2. The minimum atomic E-state index is -0.974. The molecule has 2 fully saturated rings. The fourth-order valence-corrected chi connectivity index (χ4v) is 6.14. The van der Waals surface area contributed by atoms with Gasteiger partial charge in [0.2, 0.25) is 11.8 Å². The Bertz CT molecular complexity index is 1300. The molecule has 200 valence electrons. The summed E-state index contributed by atoms with van der Waals surface area (Å²) in [5.41, 5.74) is 2.23. The SMILES string of the molecule is CNC(=O)Nc1ccc2c(c1)OCC[C@@]21NCN(CC(=O)N2Cc3ccc(F)cc3CC[C@H]2C2CC2)C1=O. The molecule has 3 N–H and O–H groups in total. The highest BCUT2D eigenvalue weighted by molar-refractivity contribution is 5.94. The van der Waals surface area contributed by atoms with E-state index in [-0.39, 0.29) is 42.9 Å². The summed E-state index contributed by atoms with van der Waals surface area (Å²) < 4.78 is 19.7. The van der Waals surface area contributed by atoms with Gasteiger partial charge >= 0.3 is 6.03 Å². The molecule has 9 nitrogen and oxygen atoms in total. The van der Waals surface area contributed by atoms with Crippen LogP contribution in [0.3, 0.4) is 0 Å². The summed E-state index contributed by atoms with van der Waals surface area (Å²) >= 11 is 0. The fraction of sp³-hybridized carbons (Fsp3) is 0.464. The van der Waals surface area contributed by atoms with Gasteiger partial charge in [-0.3, -0.25) is 14.9 Å². The lowest BCUT2D eigenvalue weighted by Gasteiger charge is -2.35. The highest BCUT2D eigenvalue weighted by Crippen LogP contribution is 2.43. The standard InChI is InChI=1S/C28H32FN5O4/c1-30-27(37)32-21-7-8-22-24(13-21)38-11-10-28(22)26(36)33(16-31-28)15-25(35)34-14-19-4-6-20(29)12-18(19)5-9-23(34)17-2-3-17/h4,6-8,12-13,17,23,31H,2-3,5,9-11,14-16H2,1H3,(H2,30,32,37)/t23-,28+/m0/s1. The summed E-state index contributed by atoms with van der Waals surface area (Å²) in [6.07, 6.45) is 4.19. The average molecular weight is 522 g/mol. The van der Waals surface area contributed by atoms with Crippen LogP contribution in [0.1, 0.15) is 42.4 Å². The van der Waals surface area contributed by atoms with Gasteiger partial charge < -0.3 is 25.2 Å². The number of urea groups is 1. The van der Waals surface area contributed by atoms with Gasteiger partial charge in [-0.15, -0.1) is 0 Å². The van der Waals surface area contributed by atoms with E-state index in [4.69, 9.17) is 4.74 Å². The summed E-state index contributed by atoms with van der Waals surface area (Å²) in [6, 6.07) is 9.83. The molecule has 0 radical (unpaired) electrons. The molecular weight excluding hydrogens is 489 g/mol. The number of ether oxygens (including phenoxy) is 1. The van der Waals surface area contributed by atoms with Crippen molar-refractivity contribution in [1.29, 1.82) is 0 Å². The molecule has 1 spiro atoms. The number of rotatable bonds is 4. The smallest absolute Gasteiger partial charge is 0.318 e. The molecule has 1 aliphatic carbocycles. The molecule has 3 heterocycles. The van der Waals surface area contributed by atoms with Crippen LogP contribution < -0.4 is 20.7 Å². The van der Waals surface area contributed by atoms with E-state index in [1.54, 1.807) is 35.2 Å². The number of nitrogens with one attached hydrogen (secondary N) is 3. The molecule has 10 heteroatoms. The number of carbonyl (C=O) groups excluding carboxylic acids is 3. The molecule has 2 aromatic carbocycles. The normalized spacial score (nSPS) is 24.4. The first-order valence-electron chi connectivity index (χ1n) is 13.3. The van der Waals surface area contributed by atoms with E-state index >= 15 is 0 Å². The Morgan fingerprint density at radius 1 is 1.16 bits per heavy atom. The molecule has 4 aliphatic rings. The van der Waals surface area contributed by atoms with Gasteiger partial charge in [-0.2, -0.15) is 0 Å². The quantitative estimate of drug-likeness (QED) is 0.574. The molecule has 0 aromatic heterocycles. The van der Waals surface area contributed by atoms with Gasteiger partial charge in [-0.25, -0.2) is 9.18 Å². The molecule has 2 aromatic rings. The summed E-state index contributed by atoms with van der Waals surface area (Å²) in [7, 11) is 1.54. The second-order valence-corrected chi connectivity index (χ2v) is 10.6. The molecule has 0 bridgehead atoms. The van der Waals surface area contributed by atoms with Gasteiger partial charge in [0.15, 0.2) is 0 Å². The van der Waals surface area contributed by atoms with Crippen LogP contribution in [-0.4, -0.2) is 60.6 Å². The molecule has 1 saturated carbocycles. The van der Waals surface area contributed by atoms with Crippen molar-refractivity contribution in [1.82, 2.24) is 20.4 Å². The summed E-state index contributed by atoms with van der Waals surface area (Å²) in [5, 5.41) is 8.60. The minimum absolute atomic E-state index is 0.0141. The summed E-state index contributed by atoms with van der Waals surface area (Å²) in [4.78, 5) is 42.8. The van der Waals surface area contributed by atoms with Crippen molar-refractivity contribution in [3.63, 3.8) is 0 Å². The lowest BCUT2D eigenvalue weighted by atomic mass is 9.84. The number of carbonyl (C=O) groups is 3. The van der Waals surface area contributed by atoms with Crippen molar-refractivity contribution in [2.75, 3.05) is 32.2 Å². The highest BCUT2D eigenvalue weighted by Gasteiger charge is 2.51. The van der Waals surface area contributed by atoms with Crippen LogP contribution in [0, 0.1) is 11.7 Å². The number of aryl methyl sites for hydroxylation is 1. The number of nitrogens with zero attached hydrogens (tertiary/aromatic N) is 2. The Labute approximate surface area is 220 Å². The van der Waals surface area contributed by atoms with Crippen molar-refractivity contribution in [2.45, 2.75) is 50.2 Å². The molecule has 38 heavy (non-hydrogen) atoms. The molecule has 0 unspecified atom stereocenters. The van der Waals surface area contributed by atoms with Gasteiger partial charge in [-0.05, 0) is 60.9 Å². The van der Waals surface area contributed by atoms with Crippen molar-refractivity contribution < 1.29 is 23.5 Å². The van der Waals surface area contributed by atoms with Crippen LogP contribution >= 0.6 is 0 Å². The number of halogens is 1. The maximum Gasteiger partial charge on any atom is 0.318 e. The van der Waals surface area contributed by atoms with Gasteiger partial charge in [0.25, 0.3) is 0 Å². The fourth-order valence-electron chi connectivity index (χ4n) is 6.14. The van der Waals surface area contributed by atoms with Gasteiger partial charge in [0, 0.05) is 43.4 Å². The molecule has 4 amide bonds. The first kappa shape index (κ1) is 24.7. The Morgan fingerprint density at radius 2 is 2.00 bits per heavy atom. The average Bonchev–Trinajstić information content (AvgIpc) is 3.73. The molecule has 3 aliphatic heterocycles. The Balaban J connectivity index is 1.21. The second kappa shape index (κ2) is 9.58. The van der Waals surface area contributed by atoms with E-state index in [1.165, 1.54) is 13.1 Å². The van der Waals surface area contributed by atoms with E-state index in [9.17, 15) is 18.8 Å². The number of hydrogen-bond acceptors (Lipinski definition) is 5. The monoisotopic (exact) mass is 521 g/mol. The minimum Gasteiger partial charge on any atom is -0.493 e. The third-order valence-corrected chi connectivity index (χ3v) is 8.32. The summed E-state index contributed by atoms with van der Waals surface area (Å²) in [6.45, 7) is 1.01. The largest absolute Gasteiger partial charge is 0.493 e. The third-order valence-electron chi connectivity index (χ3n) is 8.32. The second-order valence-electron chi connectivity index (χ2n) is 10.6. The van der Waals surface area contributed by atoms with Crippen LogP contribution in [0.15, 0.2) is 36.4 Å². The van der Waals surface area contributed by atoms with E-state index in [1.807, 2.05) is 4.90 Å². The van der Waals surface area contributed by atoms with E-state index in [0.29, 0.717) is 42.5 Å². The van der Waals surface area contributed by atoms with E-state index in [2.05, 4.69) is 16.0 Å². The van der Waals surface area contributed by atoms with Gasteiger partial charge in [0.05, 0.1) is 13.3 Å². The van der Waals surface area contributed by atoms with Gasteiger partial charge in [-0.1, -0.05) is 12.1 Å². The van der Waals surface area contributed by atoms with Crippen LogP contribution in [0.5, 0.6) is 5.75 Å². The van der Waals surface area contributed by atoms with Crippen molar-refractivity contribution in [3.8, 4) is 5.75 Å². The first-order valence-corrected chi connectivity index (χ1v) is 13.3. The molecule has 2 atom stereocenters. The first-order chi connectivity index (χ1) is 18.4. The van der Waals surface area contributed by atoms with Crippen molar-refractivity contribution >= 4 is 23.5 Å². The van der Waals surface area contributed by atoms with E-state index < -0.39 is 5.54 Å². The van der Waals surface area contributed by atoms with E-state index in [0.717, 1.165) is 36.8 Å². The van der Waals surface area contributed by atoms with Crippen LogP contribution in [-0.2, 0) is 28.1 Å². The Hall–Kier alpha value is -3.66. The number of hydrogen-bond donors (Lipinski definition) is 3. The Kier molecular flexibility index (Phi) is 6.22. The van der Waals surface area contributed by atoms with Crippen LogP contribution in [0.25, 0.3) is 0 Å². The maximum absolute atomic E-state index is 13.9. The highest BCUT2D eigenvalue weighted by atomic mass is 19.1. The zero-order chi connectivity index (χ0) is 26.4. The van der Waals surface area contributed by atoms with Gasteiger partial charge in [0.1, 0.15) is 23.7 Å². The maximum atomic E-state index is 13.9. The summed E-state index contributed by atoms with van der Waals surface area (Å²) in [5.74, 6) is 0.520.